The van der Waals surface area contributed by atoms with Gasteiger partial charge in [-0.3, -0.25) is 0 Å². The maximum Gasteiger partial charge on any atom is 0.121 e. The van der Waals surface area contributed by atoms with Crippen LogP contribution in [0.25, 0.3) is 0 Å². The fourth-order valence-electron chi connectivity index (χ4n) is 3.10. The summed E-state index contributed by atoms with van der Waals surface area (Å²) < 4.78 is 5.27. The first kappa shape index (κ1) is 15.5. The molecule has 0 aliphatic heterocycles. The number of hydrogen-bond acceptors (Lipinski definition) is 2. The highest BCUT2D eigenvalue weighted by Crippen LogP contribution is 2.32. The van der Waals surface area contributed by atoms with E-state index in [1.165, 1.54) is 32.1 Å². The second-order valence-electron chi connectivity index (χ2n) is 6.20. The molecule has 1 N–H and O–H groups in total. The molecule has 112 valence electrons. The molecule has 1 aromatic rings. The van der Waals surface area contributed by atoms with Gasteiger partial charge in [-0.15, -0.1) is 0 Å². The van der Waals surface area contributed by atoms with Crippen LogP contribution in [0.3, 0.4) is 0 Å². The lowest BCUT2D eigenvalue weighted by molar-refractivity contribution is 0.341. The van der Waals surface area contributed by atoms with Crippen molar-refractivity contribution in [3.8, 4) is 5.75 Å². The van der Waals surface area contributed by atoms with E-state index in [-0.39, 0.29) is 0 Å². The summed E-state index contributed by atoms with van der Waals surface area (Å²) in [5.41, 5.74) is 0.999. The first-order valence-electron chi connectivity index (χ1n) is 7.70. The predicted molar refractivity (Wildman–Crippen MR) is 86.8 cm³/mol. The third kappa shape index (κ3) is 4.05. The van der Waals surface area contributed by atoms with E-state index in [2.05, 4.69) is 19.2 Å². The average molecular weight is 296 g/mol. The molecule has 0 saturated heterocycles. The van der Waals surface area contributed by atoms with Crippen LogP contribution in [-0.4, -0.2) is 13.2 Å². The Morgan fingerprint density at radius 3 is 2.70 bits per heavy atom. The van der Waals surface area contributed by atoms with Crippen LogP contribution in [0, 0.1) is 11.8 Å². The molecule has 2 nitrogen and oxygen atoms in total. The number of benzene rings is 1. The summed E-state index contributed by atoms with van der Waals surface area (Å²) in [6.45, 7) is 4.69. The van der Waals surface area contributed by atoms with Crippen LogP contribution in [0.5, 0.6) is 5.75 Å². The van der Waals surface area contributed by atoms with Gasteiger partial charge >= 0.3 is 0 Å². The van der Waals surface area contributed by atoms with Crippen LogP contribution in [0.4, 0.5) is 5.69 Å². The zero-order valence-corrected chi connectivity index (χ0v) is 13.5. The quantitative estimate of drug-likeness (QED) is 0.754. The Balaban J connectivity index is 1.99. The first-order valence-corrected chi connectivity index (χ1v) is 8.08. The Labute approximate surface area is 127 Å². The fourth-order valence-corrected chi connectivity index (χ4v) is 3.28. The van der Waals surface area contributed by atoms with Crippen LogP contribution in [0.1, 0.15) is 46.0 Å². The number of nitrogens with one attached hydrogen (secondary N) is 1. The molecule has 2 unspecified atom stereocenters. The predicted octanol–water partition coefficient (Wildman–Crippen LogP) is 5.37. The normalized spacial score (nSPS) is 23.4. The summed E-state index contributed by atoms with van der Waals surface area (Å²) in [6, 6.07) is 6.32. The third-order valence-electron chi connectivity index (χ3n) is 4.49. The van der Waals surface area contributed by atoms with E-state index in [1.807, 2.05) is 18.2 Å². The Morgan fingerprint density at radius 2 is 2.00 bits per heavy atom. The Kier molecular flexibility index (Phi) is 5.59. The summed E-state index contributed by atoms with van der Waals surface area (Å²) >= 11 is 6.27. The van der Waals surface area contributed by atoms with Crippen molar-refractivity contribution in [1.29, 1.82) is 0 Å². The highest BCUT2D eigenvalue weighted by atomic mass is 35.5. The highest BCUT2D eigenvalue weighted by Gasteiger charge is 2.21. The van der Waals surface area contributed by atoms with Crippen molar-refractivity contribution in [1.82, 2.24) is 0 Å². The van der Waals surface area contributed by atoms with Crippen molar-refractivity contribution in [2.75, 3.05) is 12.4 Å². The standard InChI is InChI=1S/C17H26ClNO/c1-12(2)13-5-4-6-14(8-7-13)19-17-11-15(20-3)9-10-16(17)18/h9-14,19H,4-8H2,1-3H3. The van der Waals surface area contributed by atoms with Gasteiger partial charge in [0.1, 0.15) is 5.75 Å². The van der Waals surface area contributed by atoms with Crippen LogP contribution >= 0.6 is 11.6 Å². The van der Waals surface area contributed by atoms with Gasteiger partial charge in [0, 0.05) is 12.1 Å². The lowest BCUT2D eigenvalue weighted by Crippen LogP contribution is -2.19. The van der Waals surface area contributed by atoms with Crippen LogP contribution in [0.2, 0.25) is 5.02 Å². The number of anilines is 1. The maximum absolute atomic E-state index is 6.27. The second kappa shape index (κ2) is 7.21. The largest absolute Gasteiger partial charge is 0.497 e. The van der Waals surface area contributed by atoms with Crippen molar-refractivity contribution < 1.29 is 4.74 Å². The van der Waals surface area contributed by atoms with Crippen molar-refractivity contribution >= 4 is 17.3 Å². The van der Waals surface area contributed by atoms with Crippen molar-refractivity contribution in [2.24, 2.45) is 11.8 Å². The number of rotatable bonds is 4. The summed E-state index contributed by atoms with van der Waals surface area (Å²) in [4.78, 5) is 0. The molecule has 1 aliphatic rings. The molecular formula is C17H26ClNO. The molecule has 1 saturated carbocycles. The van der Waals surface area contributed by atoms with E-state index in [4.69, 9.17) is 16.3 Å². The summed E-state index contributed by atoms with van der Waals surface area (Å²) in [5.74, 6) is 2.53. The van der Waals surface area contributed by atoms with E-state index >= 15 is 0 Å². The van der Waals surface area contributed by atoms with Gasteiger partial charge in [0.2, 0.25) is 0 Å². The molecule has 0 heterocycles. The number of ether oxygens (including phenoxy) is 1. The smallest absolute Gasteiger partial charge is 0.121 e. The zero-order valence-electron chi connectivity index (χ0n) is 12.8. The summed E-state index contributed by atoms with van der Waals surface area (Å²) in [7, 11) is 1.69. The molecule has 2 atom stereocenters. The lowest BCUT2D eigenvalue weighted by atomic mass is 9.89. The Bertz CT molecular complexity index is 433. The van der Waals surface area contributed by atoms with Gasteiger partial charge in [0.05, 0.1) is 17.8 Å². The topological polar surface area (TPSA) is 21.3 Å². The van der Waals surface area contributed by atoms with Crippen LogP contribution in [0.15, 0.2) is 18.2 Å². The van der Waals surface area contributed by atoms with Gasteiger partial charge in [-0.1, -0.05) is 38.3 Å². The lowest BCUT2D eigenvalue weighted by Gasteiger charge is -2.20. The third-order valence-corrected chi connectivity index (χ3v) is 4.82. The molecule has 0 aromatic heterocycles. The first-order chi connectivity index (χ1) is 9.60. The van der Waals surface area contributed by atoms with Gasteiger partial charge in [-0.2, -0.15) is 0 Å². The zero-order chi connectivity index (χ0) is 14.5. The monoisotopic (exact) mass is 295 g/mol. The molecule has 0 bridgehead atoms. The number of methoxy groups -OCH3 is 1. The second-order valence-corrected chi connectivity index (χ2v) is 6.61. The van der Waals surface area contributed by atoms with Gasteiger partial charge in [-0.05, 0) is 43.2 Å². The van der Waals surface area contributed by atoms with Gasteiger partial charge in [0.15, 0.2) is 0 Å². The minimum absolute atomic E-state index is 0.531. The summed E-state index contributed by atoms with van der Waals surface area (Å²) in [6.07, 6.45) is 6.45. The van der Waals surface area contributed by atoms with E-state index in [0.717, 1.165) is 28.3 Å². The number of halogens is 1. The fraction of sp³-hybridized carbons (Fsp3) is 0.647. The van der Waals surface area contributed by atoms with Crippen molar-refractivity contribution in [2.45, 2.75) is 52.0 Å². The molecule has 1 aromatic carbocycles. The molecule has 2 rings (SSSR count). The van der Waals surface area contributed by atoms with E-state index < -0.39 is 0 Å². The van der Waals surface area contributed by atoms with E-state index in [9.17, 15) is 0 Å². The van der Waals surface area contributed by atoms with Gasteiger partial charge in [-0.25, -0.2) is 0 Å². The van der Waals surface area contributed by atoms with Crippen LogP contribution < -0.4 is 10.1 Å². The SMILES string of the molecule is COc1ccc(Cl)c(NC2CCCC(C(C)C)CC2)c1. The molecule has 1 aliphatic carbocycles. The molecule has 0 radical (unpaired) electrons. The molecule has 0 amide bonds. The van der Waals surface area contributed by atoms with E-state index in [0.29, 0.717) is 6.04 Å². The van der Waals surface area contributed by atoms with Crippen molar-refractivity contribution in [3.05, 3.63) is 23.2 Å². The minimum Gasteiger partial charge on any atom is -0.497 e. The average Bonchev–Trinajstić information content (AvgIpc) is 2.67. The molecular weight excluding hydrogens is 270 g/mol. The Hall–Kier alpha value is -0.890. The number of hydrogen-bond donors (Lipinski definition) is 1. The summed E-state index contributed by atoms with van der Waals surface area (Å²) in [5, 5.41) is 4.38. The van der Waals surface area contributed by atoms with E-state index in [1.54, 1.807) is 7.11 Å². The highest BCUT2D eigenvalue weighted by molar-refractivity contribution is 6.33. The molecule has 3 heteroatoms. The molecule has 0 spiro atoms. The Morgan fingerprint density at radius 1 is 1.20 bits per heavy atom. The minimum atomic E-state index is 0.531. The van der Waals surface area contributed by atoms with Crippen molar-refractivity contribution in [3.63, 3.8) is 0 Å². The maximum atomic E-state index is 6.27. The van der Waals surface area contributed by atoms with Crippen LogP contribution in [-0.2, 0) is 0 Å². The molecule has 20 heavy (non-hydrogen) atoms. The van der Waals surface area contributed by atoms with Gasteiger partial charge in [0.25, 0.3) is 0 Å². The molecule has 1 fully saturated rings. The van der Waals surface area contributed by atoms with Gasteiger partial charge < -0.3 is 10.1 Å².